The van der Waals surface area contributed by atoms with Crippen molar-refractivity contribution >= 4 is 0 Å². The first-order chi connectivity index (χ1) is 12.0. The Labute approximate surface area is 165 Å². The summed E-state index contributed by atoms with van der Waals surface area (Å²) >= 11 is 0. The van der Waals surface area contributed by atoms with Crippen molar-refractivity contribution in [1.29, 1.82) is 0 Å². The molecule has 0 N–H and O–H groups in total. The molecule has 0 bridgehead atoms. The van der Waals surface area contributed by atoms with Gasteiger partial charge in [0, 0.05) is 26.4 Å². The second kappa shape index (κ2) is 14.0. The average molecular weight is 371 g/mol. The number of hydrogen-bond acceptors (Lipinski definition) is 2. The van der Waals surface area contributed by atoms with E-state index in [0.29, 0.717) is 10.8 Å². The largest absolute Gasteiger partial charge is 0.381 e. The Kier molecular flexibility index (Phi) is 14.0. The van der Waals surface area contributed by atoms with Crippen molar-refractivity contribution in [2.45, 2.75) is 107 Å². The molecule has 0 saturated carbocycles. The van der Waals surface area contributed by atoms with Crippen LogP contribution >= 0.6 is 0 Å². The summed E-state index contributed by atoms with van der Waals surface area (Å²) in [6, 6.07) is 0. The number of unbranched alkanes of at least 4 members (excludes halogenated alkanes) is 3. The third-order valence-electron chi connectivity index (χ3n) is 5.10. The van der Waals surface area contributed by atoms with Gasteiger partial charge in [0.05, 0.1) is 0 Å². The lowest BCUT2D eigenvalue weighted by Crippen LogP contribution is -2.17. The highest BCUT2D eigenvalue weighted by molar-refractivity contribution is 4.70. The topological polar surface area (TPSA) is 18.5 Å². The first kappa shape index (κ1) is 25.9. The van der Waals surface area contributed by atoms with Crippen LogP contribution in [0.5, 0.6) is 0 Å². The smallest absolute Gasteiger partial charge is 0.0471 e. The molecule has 0 radical (unpaired) electrons. The van der Waals surface area contributed by atoms with Gasteiger partial charge >= 0.3 is 0 Å². The van der Waals surface area contributed by atoms with Crippen molar-refractivity contribution in [3.05, 3.63) is 0 Å². The number of ether oxygens (including phenoxy) is 2. The molecular formula is C24H50O2. The lowest BCUT2D eigenvalue weighted by Gasteiger charge is -2.26. The minimum absolute atomic E-state index is 0.412. The molecule has 0 rings (SSSR count). The number of rotatable bonds is 17. The van der Waals surface area contributed by atoms with E-state index in [9.17, 15) is 0 Å². The fourth-order valence-corrected chi connectivity index (χ4v) is 4.08. The minimum Gasteiger partial charge on any atom is -0.381 e. The summed E-state index contributed by atoms with van der Waals surface area (Å²) in [5.74, 6) is 1.54. The Bertz CT molecular complexity index is 286. The van der Waals surface area contributed by atoms with Crippen molar-refractivity contribution in [2.24, 2.45) is 22.7 Å². The summed E-state index contributed by atoms with van der Waals surface area (Å²) in [6.45, 7) is 22.3. The zero-order chi connectivity index (χ0) is 20.1. The molecule has 0 fully saturated rings. The van der Waals surface area contributed by atoms with Crippen LogP contribution in [0.1, 0.15) is 107 Å². The van der Waals surface area contributed by atoms with Crippen LogP contribution in [0.25, 0.3) is 0 Å². The van der Waals surface area contributed by atoms with E-state index in [2.05, 4.69) is 55.4 Å². The summed E-state index contributed by atoms with van der Waals surface area (Å²) in [5, 5.41) is 0. The van der Waals surface area contributed by atoms with E-state index < -0.39 is 0 Å². The molecule has 0 amide bonds. The van der Waals surface area contributed by atoms with Crippen molar-refractivity contribution < 1.29 is 9.47 Å². The highest BCUT2D eigenvalue weighted by atomic mass is 16.5. The molecule has 0 aliphatic heterocycles. The Morgan fingerprint density at radius 2 is 0.885 bits per heavy atom. The van der Waals surface area contributed by atoms with Crippen molar-refractivity contribution in [3.63, 3.8) is 0 Å². The van der Waals surface area contributed by atoms with Crippen LogP contribution < -0.4 is 0 Å². The van der Waals surface area contributed by atoms with Gasteiger partial charge in [-0.1, -0.05) is 68.2 Å². The maximum atomic E-state index is 5.83. The fraction of sp³-hybridized carbons (Fsp3) is 1.00. The molecule has 0 spiro atoms. The van der Waals surface area contributed by atoms with Gasteiger partial charge in [0.25, 0.3) is 0 Å². The molecule has 0 aliphatic carbocycles. The van der Waals surface area contributed by atoms with Gasteiger partial charge in [0.1, 0.15) is 0 Å². The zero-order valence-electron chi connectivity index (χ0n) is 19.5. The van der Waals surface area contributed by atoms with Gasteiger partial charge in [0.15, 0.2) is 0 Å². The van der Waals surface area contributed by atoms with Crippen molar-refractivity contribution in [1.82, 2.24) is 0 Å². The highest BCUT2D eigenvalue weighted by Gasteiger charge is 2.19. The van der Waals surface area contributed by atoms with Gasteiger partial charge in [-0.05, 0) is 61.2 Å². The predicted molar refractivity (Wildman–Crippen MR) is 116 cm³/mol. The lowest BCUT2D eigenvalue weighted by molar-refractivity contribution is 0.0877. The molecule has 0 saturated heterocycles. The van der Waals surface area contributed by atoms with E-state index in [1.807, 2.05) is 0 Å². The Morgan fingerprint density at radius 3 is 1.19 bits per heavy atom. The summed E-state index contributed by atoms with van der Waals surface area (Å²) < 4.78 is 11.7. The third-order valence-corrected chi connectivity index (χ3v) is 5.10. The predicted octanol–water partition coefficient (Wildman–Crippen LogP) is 7.50. The van der Waals surface area contributed by atoms with E-state index in [4.69, 9.17) is 9.47 Å². The maximum Gasteiger partial charge on any atom is 0.0471 e. The van der Waals surface area contributed by atoms with Crippen LogP contribution in [-0.2, 0) is 9.47 Å². The Balaban J connectivity index is 3.39. The summed E-state index contributed by atoms with van der Waals surface area (Å²) in [7, 11) is 0. The van der Waals surface area contributed by atoms with E-state index in [0.717, 1.165) is 38.3 Å². The van der Waals surface area contributed by atoms with Gasteiger partial charge in [-0.15, -0.1) is 0 Å². The molecule has 0 aliphatic rings. The monoisotopic (exact) mass is 370 g/mol. The number of hydrogen-bond donors (Lipinski definition) is 0. The second-order valence-electron chi connectivity index (χ2n) is 10.7. The minimum atomic E-state index is 0.412. The molecule has 0 unspecified atom stereocenters. The molecule has 2 nitrogen and oxygen atoms in total. The van der Waals surface area contributed by atoms with Gasteiger partial charge in [-0.3, -0.25) is 0 Å². The standard InChI is InChI=1S/C24H50O2/c1-21(2)19-23(5,6)13-17-25-15-11-9-10-12-16-26-18-14-24(7,8)20-22(3)4/h21-22H,9-20H2,1-8H3. The molecular weight excluding hydrogens is 320 g/mol. The van der Waals surface area contributed by atoms with Crippen LogP contribution in [0, 0.1) is 22.7 Å². The van der Waals surface area contributed by atoms with E-state index >= 15 is 0 Å². The van der Waals surface area contributed by atoms with E-state index in [1.54, 1.807) is 0 Å². The Hall–Kier alpha value is -0.0800. The summed E-state index contributed by atoms with van der Waals surface area (Å²) in [6.07, 6.45) is 9.81. The third kappa shape index (κ3) is 17.3. The van der Waals surface area contributed by atoms with Crippen LogP contribution in [0.3, 0.4) is 0 Å². The second-order valence-corrected chi connectivity index (χ2v) is 10.7. The van der Waals surface area contributed by atoms with Crippen molar-refractivity contribution in [2.75, 3.05) is 26.4 Å². The molecule has 0 aromatic rings. The summed E-state index contributed by atoms with van der Waals surface area (Å²) in [4.78, 5) is 0. The van der Waals surface area contributed by atoms with Crippen LogP contribution in [0.4, 0.5) is 0 Å². The highest BCUT2D eigenvalue weighted by Crippen LogP contribution is 2.29. The van der Waals surface area contributed by atoms with Crippen LogP contribution in [0.15, 0.2) is 0 Å². The summed E-state index contributed by atoms with van der Waals surface area (Å²) in [5.41, 5.74) is 0.824. The molecule has 0 aromatic carbocycles. The molecule has 2 heteroatoms. The zero-order valence-corrected chi connectivity index (χ0v) is 19.5. The first-order valence-electron chi connectivity index (χ1n) is 11.2. The van der Waals surface area contributed by atoms with E-state index in [1.165, 1.54) is 51.4 Å². The quantitative estimate of drug-likeness (QED) is 0.247. The molecule has 0 aromatic heterocycles. The fourth-order valence-electron chi connectivity index (χ4n) is 4.08. The van der Waals surface area contributed by atoms with Crippen LogP contribution in [-0.4, -0.2) is 26.4 Å². The lowest BCUT2D eigenvalue weighted by atomic mass is 9.81. The van der Waals surface area contributed by atoms with Crippen LogP contribution in [0.2, 0.25) is 0 Å². The van der Waals surface area contributed by atoms with Gasteiger partial charge in [0.2, 0.25) is 0 Å². The van der Waals surface area contributed by atoms with Gasteiger partial charge in [-0.25, -0.2) is 0 Å². The first-order valence-corrected chi connectivity index (χ1v) is 11.2. The van der Waals surface area contributed by atoms with Gasteiger partial charge < -0.3 is 9.47 Å². The SMILES string of the molecule is CC(C)CC(C)(C)CCOCCCCCCOCCC(C)(C)CC(C)C. The average Bonchev–Trinajstić information content (AvgIpc) is 2.45. The van der Waals surface area contributed by atoms with Crippen molar-refractivity contribution in [3.8, 4) is 0 Å². The molecule has 0 heterocycles. The molecule has 26 heavy (non-hydrogen) atoms. The Morgan fingerprint density at radius 1 is 0.538 bits per heavy atom. The molecule has 158 valence electrons. The molecule has 0 atom stereocenters. The maximum absolute atomic E-state index is 5.83. The van der Waals surface area contributed by atoms with E-state index in [-0.39, 0.29) is 0 Å². The van der Waals surface area contributed by atoms with Gasteiger partial charge in [-0.2, -0.15) is 0 Å². The normalized spacial score (nSPS) is 13.2.